The topological polar surface area (TPSA) is 57.8 Å². The molecule has 0 saturated carbocycles. The first-order valence-corrected chi connectivity index (χ1v) is 9.85. The van der Waals surface area contributed by atoms with Gasteiger partial charge in [-0.15, -0.1) is 14.1 Å². The van der Waals surface area contributed by atoms with Gasteiger partial charge in [-0.3, -0.25) is 0 Å². The van der Waals surface area contributed by atoms with Crippen molar-refractivity contribution in [3.05, 3.63) is 88.5 Å². The summed E-state index contributed by atoms with van der Waals surface area (Å²) >= 11 is 0. The minimum Gasteiger partial charge on any atom is -0.505 e. The zero-order valence-electron chi connectivity index (χ0n) is 17.6. The molecule has 0 bridgehead atoms. The third kappa shape index (κ3) is 3.44. The number of hydrogen-bond acceptors (Lipinski definition) is 2. The maximum Gasteiger partial charge on any atom is 0.146 e. The Bertz CT molecular complexity index is 1350. The molecule has 2 heterocycles. The van der Waals surface area contributed by atoms with Crippen LogP contribution >= 0.6 is 0 Å². The molecule has 5 heteroatoms. The zero-order valence-corrected chi connectivity index (χ0v) is 17.6. The summed E-state index contributed by atoms with van der Waals surface area (Å²) in [5.74, 6) is 0.348. The summed E-state index contributed by atoms with van der Waals surface area (Å²) in [6.45, 7) is 7.82. The van der Waals surface area contributed by atoms with Crippen molar-refractivity contribution in [3.8, 4) is 17.5 Å². The number of phenols is 1. The molecule has 0 aliphatic carbocycles. The fraction of sp³-hybridized carbons (Fsp3) is 0.160. The lowest BCUT2D eigenvalue weighted by Crippen LogP contribution is -1.90. The van der Waals surface area contributed by atoms with E-state index < -0.39 is 0 Å². The second-order valence-corrected chi connectivity index (χ2v) is 7.66. The van der Waals surface area contributed by atoms with Crippen molar-refractivity contribution in [1.82, 2.24) is 14.1 Å². The lowest BCUT2D eigenvalue weighted by molar-refractivity contribution is 0.467. The van der Waals surface area contributed by atoms with Crippen LogP contribution in [-0.2, 0) is 0 Å². The number of hydrogen-bond donors (Lipinski definition) is 1. The van der Waals surface area contributed by atoms with E-state index in [0.29, 0.717) is 5.75 Å². The van der Waals surface area contributed by atoms with Gasteiger partial charge in [-0.1, -0.05) is 48.0 Å². The van der Waals surface area contributed by atoms with Crippen LogP contribution in [0.5, 0.6) is 5.75 Å². The number of para-hydroxylation sites is 2. The van der Waals surface area contributed by atoms with Gasteiger partial charge in [0, 0.05) is 5.57 Å². The molecule has 0 amide bonds. The average Bonchev–Trinajstić information content (AvgIpc) is 3.39. The third-order valence-electron chi connectivity index (χ3n) is 5.10. The molecule has 5 nitrogen and oxygen atoms in total. The van der Waals surface area contributed by atoms with Gasteiger partial charge in [0.25, 0.3) is 0 Å². The number of fused-ring (bicyclic) bond motifs is 4. The summed E-state index contributed by atoms with van der Waals surface area (Å²) in [7, 11) is 0. The van der Waals surface area contributed by atoms with Gasteiger partial charge in [-0.25, -0.2) is 0 Å². The predicted octanol–water partition coefficient (Wildman–Crippen LogP) is 5.66. The quantitative estimate of drug-likeness (QED) is 0.391. The maximum absolute atomic E-state index is 10.2. The van der Waals surface area contributed by atoms with E-state index in [-0.39, 0.29) is 0 Å². The smallest absolute Gasteiger partial charge is 0.146 e. The SMILES string of the molecule is C/C(C#N)=C/c1ccc(C)cc1.Cc1cc(C)c(O)c(-n2n3c4ccccc4n23)c1. The molecule has 150 valence electrons. The van der Waals surface area contributed by atoms with Crippen LogP contribution in [0.25, 0.3) is 22.8 Å². The highest BCUT2D eigenvalue weighted by molar-refractivity contribution is 5.79. The maximum atomic E-state index is 10.2. The Labute approximate surface area is 175 Å². The van der Waals surface area contributed by atoms with E-state index in [1.165, 1.54) is 16.6 Å². The van der Waals surface area contributed by atoms with Crippen molar-refractivity contribution >= 4 is 17.1 Å². The first-order valence-electron chi connectivity index (χ1n) is 9.85. The van der Waals surface area contributed by atoms with Gasteiger partial charge in [0.05, 0.1) is 6.07 Å². The molecule has 0 saturated heterocycles. The van der Waals surface area contributed by atoms with Crippen LogP contribution in [0.2, 0.25) is 0 Å². The second-order valence-electron chi connectivity index (χ2n) is 7.66. The molecule has 2 aromatic heterocycles. The van der Waals surface area contributed by atoms with E-state index in [1.54, 1.807) is 6.92 Å². The molecule has 0 radical (unpaired) electrons. The summed E-state index contributed by atoms with van der Waals surface area (Å²) in [5.41, 5.74) is 8.30. The first kappa shape index (κ1) is 19.4. The van der Waals surface area contributed by atoms with E-state index in [9.17, 15) is 5.11 Å². The highest BCUT2D eigenvalue weighted by Gasteiger charge is 2.25. The Balaban J connectivity index is 0.000000159. The zero-order chi connectivity index (χ0) is 21.4. The lowest BCUT2D eigenvalue weighted by Gasteiger charge is -2.04. The Morgan fingerprint density at radius 1 is 0.900 bits per heavy atom. The number of allylic oxidation sites excluding steroid dienone is 1. The van der Waals surface area contributed by atoms with Gasteiger partial charge < -0.3 is 5.11 Å². The van der Waals surface area contributed by atoms with Crippen LogP contribution in [0, 0.1) is 32.1 Å². The molecule has 0 spiro atoms. The third-order valence-corrected chi connectivity index (χ3v) is 5.10. The van der Waals surface area contributed by atoms with Crippen LogP contribution < -0.4 is 0 Å². The number of nitriles is 1. The highest BCUT2D eigenvalue weighted by Crippen LogP contribution is 2.32. The van der Waals surface area contributed by atoms with Crippen molar-refractivity contribution in [3.63, 3.8) is 0 Å². The van der Waals surface area contributed by atoms with Gasteiger partial charge in [-0.2, -0.15) is 5.26 Å². The molecule has 0 unspecified atom stereocenters. The Hall–Kier alpha value is -3.91. The first-order chi connectivity index (χ1) is 14.4. The number of rotatable bonds is 2. The van der Waals surface area contributed by atoms with Crippen molar-refractivity contribution in [2.75, 3.05) is 0 Å². The van der Waals surface area contributed by atoms with Gasteiger partial charge in [0.15, 0.2) is 0 Å². The summed E-state index contributed by atoms with van der Waals surface area (Å²) in [6, 6.07) is 22.4. The Morgan fingerprint density at radius 2 is 1.50 bits per heavy atom. The molecule has 5 aromatic rings. The van der Waals surface area contributed by atoms with E-state index >= 15 is 0 Å². The van der Waals surface area contributed by atoms with E-state index in [0.717, 1.165) is 28.0 Å². The van der Waals surface area contributed by atoms with Crippen LogP contribution in [0.4, 0.5) is 0 Å². The molecule has 5 rings (SSSR count). The highest BCUT2D eigenvalue weighted by atomic mass is 16.3. The van der Waals surface area contributed by atoms with Crippen LogP contribution in [-0.4, -0.2) is 19.2 Å². The fourth-order valence-electron chi connectivity index (χ4n) is 3.53. The van der Waals surface area contributed by atoms with E-state index in [2.05, 4.69) is 18.2 Å². The molecule has 0 aliphatic rings. The standard InChI is InChI=1S/C14H13N3O.C11H11N/c1-9-7-10(2)14(18)13(8-9)17-15-11-5-3-4-6-12(11)16(15)17;1-9-3-5-11(6-4-9)7-10(2)8-12/h3-8,18H,1-2H3;3-7H,1-2H3/b;10-7-. The largest absolute Gasteiger partial charge is 0.505 e. The predicted molar refractivity (Wildman–Crippen MR) is 120 cm³/mol. The Morgan fingerprint density at radius 3 is 2.07 bits per heavy atom. The van der Waals surface area contributed by atoms with Crippen molar-refractivity contribution in [2.45, 2.75) is 27.7 Å². The molecule has 0 atom stereocenters. The van der Waals surface area contributed by atoms with E-state index in [1.807, 2.05) is 89.4 Å². The number of nitrogens with zero attached hydrogens (tertiary/aromatic N) is 4. The average molecular weight is 396 g/mol. The Kier molecular flexibility index (Phi) is 4.85. The minimum atomic E-state index is 0.348. The monoisotopic (exact) mass is 396 g/mol. The van der Waals surface area contributed by atoms with Crippen LogP contribution in [0.15, 0.2) is 66.2 Å². The number of aromatic nitrogens is 3. The molecule has 0 fully saturated rings. The molecular formula is C25H24N4O. The van der Waals surface area contributed by atoms with Gasteiger partial charge in [0.1, 0.15) is 22.5 Å². The summed E-state index contributed by atoms with van der Waals surface area (Å²) in [5, 5.41) is 18.7. The minimum absolute atomic E-state index is 0.348. The number of benzene rings is 3. The van der Waals surface area contributed by atoms with Crippen LogP contribution in [0.3, 0.4) is 0 Å². The molecule has 3 aromatic carbocycles. The fourth-order valence-corrected chi connectivity index (χ4v) is 3.53. The van der Waals surface area contributed by atoms with Crippen molar-refractivity contribution in [2.24, 2.45) is 0 Å². The van der Waals surface area contributed by atoms with Gasteiger partial charge in [-0.05, 0) is 68.7 Å². The summed E-state index contributed by atoms with van der Waals surface area (Å²) in [4.78, 5) is 1.99. The number of aryl methyl sites for hydroxylation is 3. The summed E-state index contributed by atoms with van der Waals surface area (Å²) < 4.78 is 4.09. The van der Waals surface area contributed by atoms with Crippen LogP contribution in [0.1, 0.15) is 29.2 Å². The summed E-state index contributed by atoms with van der Waals surface area (Å²) in [6.07, 6.45) is 1.87. The number of aromatic hydroxyl groups is 1. The molecular weight excluding hydrogens is 372 g/mol. The van der Waals surface area contributed by atoms with Crippen molar-refractivity contribution in [1.29, 1.82) is 5.26 Å². The molecule has 1 N–H and O–H groups in total. The van der Waals surface area contributed by atoms with E-state index in [4.69, 9.17) is 5.26 Å². The van der Waals surface area contributed by atoms with Gasteiger partial charge in [0.2, 0.25) is 0 Å². The van der Waals surface area contributed by atoms with Gasteiger partial charge >= 0.3 is 0 Å². The molecule has 0 aliphatic heterocycles. The second kappa shape index (κ2) is 7.49. The lowest BCUT2D eigenvalue weighted by atomic mass is 10.1. The van der Waals surface area contributed by atoms with Crippen molar-refractivity contribution < 1.29 is 5.11 Å². The molecule has 30 heavy (non-hydrogen) atoms. The number of phenolic OH excluding ortho intramolecular Hbond substituents is 1. The normalized spacial score (nSPS) is 11.6.